The second-order valence-electron chi connectivity index (χ2n) is 17.6. The third-order valence-electron chi connectivity index (χ3n) is 12.1. The molecular weight excluding hydrogens is 797 g/mol. The van der Waals surface area contributed by atoms with E-state index in [1.807, 2.05) is 51.1 Å². The van der Waals surface area contributed by atoms with Crippen LogP contribution in [0.25, 0.3) is 10.8 Å². The van der Waals surface area contributed by atoms with E-state index < -0.39 is 23.8 Å². The first kappa shape index (κ1) is 43.5. The fourth-order valence-corrected chi connectivity index (χ4v) is 8.72. The molecule has 3 atom stereocenters. The summed E-state index contributed by atoms with van der Waals surface area (Å²) in [6, 6.07) is 29.3. The average Bonchev–Trinajstić information content (AvgIpc) is 3.71. The van der Waals surface area contributed by atoms with Gasteiger partial charge < -0.3 is 43.3 Å². The van der Waals surface area contributed by atoms with Crippen molar-refractivity contribution in [2.75, 3.05) is 63.9 Å². The number of carbonyl (C=O) groups is 1. The Morgan fingerprint density at radius 2 is 1.60 bits per heavy atom. The van der Waals surface area contributed by atoms with E-state index in [0.29, 0.717) is 57.6 Å². The monoisotopic (exact) mass is 854 g/mol. The molecule has 0 radical (unpaired) electrons. The molecule has 0 bridgehead atoms. The molecule has 63 heavy (non-hydrogen) atoms. The van der Waals surface area contributed by atoms with Crippen LogP contribution in [0.2, 0.25) is 0 Å². The molecule has 14 heteroatoms. The minimum Gasteiger partial charge on any atom is -0.497 e. The largest absolute Gasteiger partial charge is 0.497 e. The molecule has 1 amide bonds. The zero-order valence-corrected chi connectivity index (χ0v) is 37.3. The summed E-state index contributed by atoms with van der Waals surface area (Å²) in [7, 11) is 5.48. The Labute approximate surface area is 370 Å². The first-order valence-corrected chi connectivity index (χ1v) is 21.8. The number of fused-ring (bicyclic) bond motifs is 2. The van der Waals surface area contributed by atoms with Crippen LogP contribution in [0.3, 0.4) is 0 Å². The summed E-state index contributed by atoms with van der Waals surface area (Å²) in [4.78, 5) is 37.3. The van der Waals surface area contributed by atoms with Crippen LogP contribution in [0, 0.1) is 11.3 Å². The van der Waals surface area contributed by atoms with Gasteiger partial charge >= 0.3 is 12.1 Å². The zero-order valence-electron chi connectivity index (χ0n) is 37.3. The highest BCUT2D eigenvalue weighted by atomic mass is 16.6. The number of carbonyl (C=O) groups excluding carboxylic acids is 1. The number of rotatable bonds is 13. The normalized spacial score (nSPS) is 19.0. The minimum atomic E-state index is -0.657. The Bertz CT molecular complexity index is 2370. The molecule has 3 aliphatic rings. The first-order chi connectivity index (χ1) is 30.5. The van der Waals surface area contributed by atoms with Crippen LogP contribution < -0.4 is 24.0 Å². The predicted molar refractivity (Wildman–Crippen MR) is 241 cm³/mol. The Hall–Kier alpha value is -6.17. The molecule has 3 aliphatic heterocycles. The number of piperazine rings is 1. The molecule has 5 heterocycles. The number of methoxy groups -OCH3 is 2. The number of likely N-dealkylation sites (N-methyl/N-ethyl adjacent to an activating group) is 1. The summed E-state index contributed by atoms with van der Waals surface area (Å²) in [6.07, 6.45) is 1.94. The summed E-state index contributed by atoms with van der Waals surface area (Å²) in [5.74, 6) is 3.14. The fraction of sp³-hybridized carbons (Fsp3) is 0.449. The zero-order chi connectivity index (χ0) is 44.1. The second-order valence-corrected chi connectivity index (χ2v) is 17.6. The van der Waals surface area contributed by atoms with Crippen molar-refractivity contribution in [3.05, 3.63) is 107 Å². The highest BCUT2D eigenvalue weighted by Gasteiger charge is 2.37. The predicted octanol–water partition coefficient (Wildman–Crippen LogP) is 7.88. The number of ether oxygens (including phenoxy) is 5. The summed E-state index contributed by atoms with van der Waals surface area (Å²) < 4.78 is 30.0. The summed E-state index contributed by atoms with van der Waals surface area (Å²) in [5.41, 5.74) is 4.12. The lowest BCUT2D eigenvalue weighted by Crippen LogP contribution is -2.56. The van der Waals surface area contributed by atoms with E-state index in [1.165, 1.54) is 0 Å². The molecule has 0 spiro atoms. The van der Waals surface area contributed by atoms with E-state index >= 15 is 0 Å². The highest BCUT2D eigenvalue weighted by Crippen LogP contribution is 2.39. The van der Waals surface area contributed by atoms with Crippen LogP contribution in [0.4, 0.5) is 16.4 Å². The van der Waals surface area contributed by atoms with Gasteiger partial charge in [-0.1, -0.05) is 48.5 Å². The Kier molecular flexibility index (Phi) is 13.2. The molecule has 5 aromatic rings. The number of hydrogen-bond acceptors (Lipinski definition) is 13. The fourth-order valence-electron chi connectivity index (χ4n) is 8.72. The van der Waals surface area contributed by atoms with Crippen molar-refractivity contribution in [3.63, 3.8) is 0 Å². The third-order valence-corrected chi connectivity index (χ3v) is 12.1. The number of nitriles is 1. The van der Waals surface area contributed by atoms with Crippen LogP contribution in [-0.2, 0) is 35.6 Å². The van der Waals surface area contributed by atoms with Crippen molar-refractivity contribution < 1.29 is 28.5 Å². The van der Waals surface area contributed by atoms with Crippen molar-refractivity contribution >= 4 is 28.5 Å². The molecule has 2 fully saturated rings. The van der Waals surface area contributed by atoms with Gasteiger partial charge in [-0.15, -0.1) is 0 Å². The number of amides is 1. The van der Waals surface area contributed by atoms with E-state index in [2.05, 4.69) is 76.3 Å². The standard InChI is InChI=1S/C49H58N8O6/c1-49(2,3)63-48(58)57-25-24-55(30-36(57)21-22-50)46-41-32-61-43(27-42(41)51-47(53-46)62-31-37-11-9-23-54(37)4)45-40-12-8-7-10-35(40)26-44(52-45)56(28-33-13-17-38(59-5)18-14-33)29-34-15-19-39(60-6)20-16-34/h7-8,10,12-20,26,36-37,43H,9,11,21,23-25,27-32H2,1-6H3/t36-,37-,43?/m0/s1. The summed E-state index contributed by atoms with van der Waals surface area (Å²) in [5, 5.41) is 11.9. The number of anilines is 2. The smallest absolute Gasteiger partial charge is 0.410 e. The molecule has 0 saturated carbocycles. The van der Waals surface area contributed by atoms with Crippen LogP contribution in [0.5, 0.6) is 17.5 Å². The average molecular weight is 855 g/mol. The second kappa shape index (κ2) is 19.1. The molecule has 2 aromatic heterocycles. The van der Waals surface area contributed by atoms with Gasteiger partial charge in [0.1, 0.15) is 41.4 Å². The van der Waals surface area contributed by atoms with Crippen molar-refractivity contribution in [1.29, 1.82) is 5.26 Å². The topological polar surface area (TPSA) is 139 Å². The molecular formula is C49H58N8O6. The van der Waals surface area contributed by atoms with Gasteiger partial charge in [0.25, 0.3) is 0 Å². The van der Waals surface area contributed by atoms with Crippen LogP contribution in [-0.4, -0.2) is 103 Å². The maximum Gasteiger partial charge on any atom is 0.410 e. The number of aromatic nitrogens is 3. The van der Waals surface area contributed by atoms with Gasteiger partial charge in [-0.3, -0.25) is 0 Å². The quantitative estimate of drug-likeness (QED) is 0.114. The minimum absolute atomic E-state index is 0.155. The van der Waals surface area contributed by atoms with Crippen LogP contribution in [0.1, 0.15) is 74.2 Å². The SMILES string of the molecule is COc1ccc(CN(Cc2ccc(OC)cc2)c2cc3ccccc3c(C3Cc4nc(OC[C@@H]5CCCN5C)nc(N5CCN(C(=O)OC(C)(C)C)[C@@H](CC#N)C5)c4CO3)n2)cc1. The molecule has 330 valence electrons. The molecule has 2 saturated heterocycles. The summed E-state index contributed by atoms with van der Waals surface area (Å²) >= 11 is 0. The first-order valence-electron chi connectivity index (χ1n) is 21.8. The maximum atomic E-state index is 13.3. The molecule has 8 rings (SSSR count). The molecule has 14 nitrogen and oxygen atoms in total. The van der Waals surface area contributed by atoms with Gasteiger partial charge in [-0.25, -0.2) is 9.78 Å². The van der Waals surface area contributed by atoms with Crippen LogP contribution in [0.15, 0.2) is 78.9 Å². The Morgan fingerprint density at radius 1 is 0.905 bits per heavy atom. The van der Waals surface area contributed by atoms with E-state index in [0.717, 1.165) is 75.6 Å². The maximum absolute atomic E-state index is 13.3. The molecule has 0 N–H and O–H groups in total. The third kappa shape index (κ3) is 10.2. The van der Waals surface area contributed by atoms with Crippen molar-refractivity contribution in [3.8, 4) is 23.6 Å². The molecule has 3 aromatic carbocycles. The molecule has 1 unspecified atom stereocenters. The lowest BCUT2D eigenvalue weighted by atomic mass is 9.98. The number of hydrogen-bond donors (Lipinski definition) is 0. The van der Waals surface area contributed by atoms with E-state index in [-0.39, 0.29) is 19.1 Å². The highest BCUT2D eigenvalue weighted by molar-refractivity contribution is 5.87. The van der Waals surface area contributed by atoms with Gasteiger partial charge in [0.15, 0.2) is 0 Å². The van der Waals surface area contributed by atoms with E-state index in [9.17, 15) is 10.1 Å². The number of nitrogens with zero attached hydrogens (tertiary/aromatic N) is 8. The van der Waals surface area contributed by atoms with Crippen molar-refractivity contribution in [1.82, 2.24) is 24.8 Å². The van der Waals surface area contributed by atoms with E-state index in [1.54, 1.807) is 19.1 Å². The van der Waals surface area contributed by atoms with Crippen molar-refractivity contribution in [2.24, 2.45) is 0 Å². The van der Waals surface area contributed by atoms with E-state index in [4.69, 9.17) is 38.6 Å². The lowest BCUT2D eigenvalue weighted by Gasteiger charge is -2.42. The lowest BCUT2D eigenvalue weighted by molar-refractivity contribution is 0.0139. The number of benzene rings is 3. The van der Waals surface area contributed by atoms with Gasteiger partial charge in [0, 0.05) is 56.1 Å². The number of pyridine rings is 1. The molecule has 0 aliphatic carbocycles. The van der Waals surface area contributed by atoms with Gasteiger partial charge in [-0.2, -0.15) is 15.2 Å². The number of likely N-dealkylation sites (tertiary alicyclic amines) is 1. The Morgan fingerprint density at radius 3 is 2.24 bits per heavy atom. The van der Waals surface area contributed by atoms with Gasteiger partial charge in [0.2, 0.25) is 0 Å². The van der Waals surface area contributed by atoms with Gasteiger partial charge in [0.05, 0.1) is 50.7 Å². The van der Waals surface area contributed by atoms with Gasteiger partial charge in [-0.05, 0) is 94.1 Å². The summed E-state index contributed by atoms with van der Waals surface area (Å²) in [6.45, 7) is 9.78. The Balaban J connectivity index is 1.14. The van der Waals surface area contributed by atoms with Crippen molar-refractivity contribution in [2.45, 2.75) is 89.9 Å². The van der Waals surface area contributed by atoms with Crippen LogP contribution >= 0.6 is 0 Å².